The number of aromatic hydroxyl groups is 1. The van der Waals surface area contributed by atoms with E-state index in [0.29, 0.717) is 16.7 Å². The van der Waals surface area contributed by atoms with Crippen molar-refractivity contribution in [3.8, 4) is 11.5 Å². The summed E-state index contributed by atoms with van der Waals surface area (Å²) in [5.74, 6) is 0.946. The van der Waals surface area contributed by atoms with Crippen molar-refractivity contribution in [3.05, 3.63) is 22.7 Å². The average molecular weight is 270 g/mol. The molecule has 0 spiro atoms. The first-order valence-corrected chi connectivity index (χ1v) is 6.80. The fourth-order valence-corrected chi connectivity index (χ4v) is 2.93. The smallest absolute Gasteiger partial charge is 0.176 e. The predicted octanol–water partition coefficient (Wildman–Crippen LogP) is 3.11. The summed E-state index contributed by atoms with van der Waals surface area (Å²) in [4.78, 5) is 0. The van der Waals surface area contributed by atoms with Crippen molar-refractivity contribution >= 4 is 11.6 Å². The van der Waals surface area contributed by atoms with Gasteiger partial charge < -0.3 is 15.6 Å². The minimum Gasteiger partial charge on any atom is -0.503 e. The van der Waals surface area contributed by atoms with Gasteiger partial charge in [-0.3, -0.25) is 0 Å². The Balaban J connectivity index is 2.15. The molecule has 4 heteroatoms. The molecule has 0 radical (unpaired) electrons. The van der Waals surface area contributed by atoms with E-state index in [1.807, 2.05) is 6.07 Å². The number of phenolic OH excluding ortho intramolecular Hbond substituents is 1. The fraction of sp³-hybridized carbons (Fsp3) is 0.571. The summed E-state index contributed by atoms with van der Waals surface area (Å²) in [7, 11) is 1.53. The molecule has 2 atom stereocenters. The van der Waals surface area contributed by atoms with E-state index in [1.54, 1.807) is 6.07 Å². The summed E-state index contributed by atoms with van der Waals surface area (Å²) >= 11 is 5.99. The van der Waals surface area contributed by atoms with Crippen molar-refractivity contribution < 1.29 is 9.84 Å². The number of hydrogen-bond donors (Lipinski definition) is 2. The molecule has 3 N–H and O–H groups in total. The van der Waals surface area contributed by atoms with Gasteiger partial charge in [0.05, 0.1) is 12.1 Å². The molecular formula is C14H20ClNO2. The first-order chi connectivity index (χ1) is 8.61. The van der Waals surface area contributed by atoms with Crippen molar-refractivity contribution in [2.24, 2.45) is 11.7 Å². The van der Waals surface area contributed by atoms with Gasteiger partial charge in [-0.2, -0.15) is 0 Å². The fourth-order valence-electron chi connectivity index (χ4n) is 2.69. The van der Waals surface area contributed by atoms with Gasteiger partial charge in [-0.05, 0) is 42.9 Å². The van der Waals surface area contributed by atoms with Crippen LogP contribution in [0.5, 0.6) is 11.5 Å². The minimum atomic E-state index is 0.0101. The van der Waals surface area contributed by atoms with Gasteiger partial charge in [0.15, 0.2) is 11.5 Å². The van der Waals surface area contributed by atoms with Crippen molar-refractivity contribution in [3.63, 3.8) is 0 Å². The number of methoxy groups -OCH3 is 1. The van der Waals surface area contributed by atoms with Crippen LogP contribution in [0, 0.1) is 5.92 Å². The molecule has 1 aromatic rings. The Labute approximate surface area is 113 Å². The Morgan fingerprint density at radius 2 is 2.11 bits per heavy atom. The average Bonchev–Trinajstić information content (AvgIpc) is 2.36. The van der Waals surface area contributed by atoms with E-state index in [1.165, 1.54) is 26.4 Å². The zero-order chi connectivity index (χ0) is 13.1. The monoisotopic (exact) mass is 269 g/mol. The number of phenols is 1. The standard InChI is InChI=1S/C14H20ClNO2/c1-18-13-8-9(7-11(15)14(13)17)6-10-4-2-3-5-12(10)16/h7-8,10,12,17H,2-6,16H2,1H3. The number of benzene rings is 1. The van der Waals surface area contributed by atoms with Gasteiger partial charge in [-0.25, -0.2) is 0 Å². The third-order valence-corrected chi connectivity index (χ3v) is 4.06. The molecule has 18 heavy (non-hydrogen) atoms. The quantitative estimate of drug-likeness (QED) is 0.886. The Hall–Kier alpha value is -0.930. The molecule has 2 unspecified atom stereocenters. The van der Waals surface area contributed by atoms with Crippen LogP contribution in [0.2, 0.25) is 5.02 Å². The van der Waals surface area contributed by atoms with Crippen LogP contribution in [-0.2, 0) is 6.42 Å². The van der Waals surface area contributed by atoms with E-state index in [0.717, 1.165) is 18.4 Å². The maximum Gasteiger partial charge on any atom is 0.176 e. The molecule has 1 saturated carbocycles. The number of halogens is 1. The van der Waals surface area contributed by atoms with Crippen molar-refractivity contribution in [2.75, 3.05) is 7.11 Å². The van der Waals surface area contributed by atoms with Crippen molar-refractivity contribution in [2.45, 2.75) is 38.1 Å². The van der Waals surface area contributed by atoms with Crippen LogP contribution in [0.15, 0.2) is 12.1 Å². The van der Waals surface area contributed by atoms with Crippen LogP contribution in [0.3, 0.4) is 0 Å². The first kappa shape index (κ1) is 13.5. The number of nitrogens with two attached hydrogens (primary N) is 1. The van der Waals surface area contributed by atoms with Crippen LogP contribution >= 0.6 is 11.6 Å². The lowest BCUT2D eigenvalue weighted by atomic mass is 9.81. The summed E-state index contributed by atoms with van der Waals surface area (Å²) in [6.07, 6.45) is 5.66. The summed E-state index contributed by atoms with van der Waals surface area (Å²) in [6, 6.07) is 3.93. The van der Waals surface area contributed by atoms with Gasteiger partial charge in [0, 0.05) is 6.04 Å². The van der Waals surface area contributed by atoms with Crippen LogP contribution in [0.4, 0.5) is 0 Å². The molecule has 2 rings (SSSR count). The van der Waals surface area contributed by atoms with Gasteiger partial charge in [0.2, 0.25) is 0 Å². The normalized spacial score (nSPS) is 23.9. The lowest BCUT2D eigenvalue weighted by Crippen LogP contribution is -2.34. The van der Waals surface area contributed by atoms with E-state index in [2.05, 4.69) is 0 Å². The van der Waals surface area contributed by atoms with E-state index in [4.69, 9.17) is 22.1 Å². The molecule has 0 bridgehead atoms. The van der Waals surface area contributed by atoms with Crippen LogP contribution < -0.4 is 10.5 Å². The molecule has 0 aromatic heterocycles. The maximum absolute atomic E-state index is 9.70. The van der Waals surface area contributed by atoms with Gasteiger partial charge in [0.25, 0.3) is 0 Å². The highest BCUT2D eigenvalue weighted by molar-refractivity contribution is 6.32. The zero-order valence-corrected chi connectivity index (χ0v) is 11.4. The second kappa shape index (κ2) is 5.81. The molecule has 0 aliphatic heterocycles. The third kappa shape index (κ3) is 2.90. The lowest BCUT2D eigenvalue weighted by molar-refractivity contribution is 0.305. The molecule has 1 aliphatic rings. The molecule has 0 heterocycles. The lowest BCUT2D eigenvalue weighted by Gasteiger charge is -2.28. The Morgan fingerprint density at radius 1 is 1.39 bits per heavy atom. The van der Waals surface area contributed by atoms with E-state index in [9.17, 15) is 5.11 Å². The van der Waals surface area contributed by atoms with E-state index >= 15 is 0 Å². The van der Waals surface area contributed by atoms with Crippen molar-refractivity contribution in [1.29, 1.82) is 0 Å². The molecule has 0 saturated heterocycles. The van der Waals surface area contributed by atoms with Crippen LogP contribution in [-0.4, -0.2) is 18.3 Å². The van der Waals surface area contributed by atoms with Gasteiger partial charge in [0.1, 0.15) is 0 Å². The predicted molar refractivity (Wildman–Crippen MR) is 73.3 cm³/mol. The van der Waals surface area contributed by atoms with Crippen LogP contribution in [0.1, 0.15) is 31.2 Å². The van der Waals surface area contributed by atoms with Gasteiger partial charge in [-0.1, -0.05) is 24.4 Å². The number of ether oxygens (including phenoxy) is 1. The first-order valence-electron chi connectivity index (χ1n) is 6.42. The Bertz CT molecular complexity index is 423. The third-order valence-electron chi connectivity index (χ3n) is 3.77. The topological polar surface area (TPSA) is 55.5 Å². The molecule has 100 valence electrons. The highest BCUT2D eigenvalue weighted by atomic mass is 35.5. The molecular weight excluding hydrogens is 250 g/mol. The van der Waals surface area contributed by atoms with Gasteiger partial charge >= 0.3 is 0 Å². The Kier molecular flexibility index (Phi) is 4.36. The highest BCUT2D eigenvalue weighted by Crippen LogP contribution is 2.36. The zero-order valence-electron chi connectivity index (χ0n) is 10.7. The highest BCUT2D eigenvalue weighted by Gasteiger charge is 2.22. The second-order valence-corrected chi connectivity index (χ2v) is 5.45. The summed E-state index contributed by atoms with van der Waals surface area (Å²) in [6.45, 7) is 0. The molecule has 1 aliphatic carbocycles. The Morgan fingerprint density at radius 3 is 2.78 bits per heavy atom. The second-order valence-electron chi connectivity index (χ2n) is 5.04. The maximum atomic E-state index is 9.70. The molecule has 3 nitrogen and oxygen atoms in total. The van der Waals surface area contributed by atoms with E-state index in [-0.39, 0.29) is 11.8 Å². The van der Waals surface area contributed by atoms with Crippen molar-refractivity contribution in [1.82, 2.24) is 0 Å². The minimum absolute atomic E-state index is 0.0101. The summed E-state index contributed by atoms with van der Waals surface area (Å²) < 4.78 is 5.12. The summed E-state index contributed by atoms with van der Waals surface area (Å²) in [5.41, 5.74) is 7.23. The largest absolute Gasteiger partial charge is 0.503 e. The van der Waals surface area contributed by atoms with Gasteiger partial charge in [-0.15, -0.1) is 0 Å². The SMILES string of the molecule is COc1cc(CC2CCCCC2N)cc(Cl)c1O. The molecule has 1 fully saturated rings. The number of rotatable bonds is 3. The molecule has 0 amide bonds. The van der Waals surface area contributed by atoms with Crippen LogP contribution in [0.25, 0.3) is 0 Å². The summed E-state index contributed by atoms with van der Waals surface area (Å²) in [5, 5.41) is 10.0. The molecule has 1 aromatic carbocycles. The number of hydrogen-bond acceptors (Lipinski definition) is 3. The van der Waals surface area contributed by atoms with E-state index < -0.39 is 0 Å².